The smallest absolute Gasteiger partial charge is 0.0717 e. The molecule has 0 spiro atoms. The van der Waals surface area contributed by atoms with Crippen LogP contribution in [0.5, 0.6) is 0 Å². The topological polar surface area (TPSA) is 250 Å². The van der Waals surface area contributed by atoms with E-state index in [1.54, 1.807) is 0 Å². The van der Waals surface area contributed by atoms with Crippen LogP contribution in [0, 0.1) is 227 Å². The Labute approximate surface area is 875 Å². The number of allylic oxidation sites excluding steroid dienone is 1. The minimum atomic E-state index is -0.406. The average Bonchev–Trinajstić information content (AvgIpc) is 1.23. The van der Waals surface area contributed by atoms with Gasteiger partial charge in [0.2, 0.25) is 0 Å². The Bertz CT molecular complexity index is 4680. The Morgan fingerprint density at radius 2 is 0.542 bits per heavy atom. The van der Waals surface area contributed by atoms with Gasteiger partial charge in [-0.05, 0) is 491 Å². The van der Waals surface area contributed by atoms with Gasteiger partial charge in [0.05, 0.1) is 97.1 Å². The molecule has 20 aliphatic carbocycles. The fourth-order valence-electron chi connectivity index (χ4n) is 48.2. The average molecular weight is 2000 g/mol. The highest BCUT2D eigenvalue weighted by Crippen LogP contribution is 2.85. The van der Waals surface area contributed by atoms with Crippen LogP contribution in [0.3, 0.4) is 0 Å². The van der Waals surface area contributed by atoms with E-state index in [2.05, 4.69) is 181 Å². The summed E-state index contributed by atoms with van der Waals surface area (Å²) in [6, 6.07) is 10.6. The van der Waals surface area contributed by atoms with E-state index in [0.717, 1.165) is 138 Å². The van der Waals surface area contributed by atoms with Gasteiger partial charge >= 0.3 is 0 Å². The molecule has 0 radical (unpaired) electrons. The van der Waals surface area contributed by atoms with E-state index in [4.69, 9.17) is 14.2 Å². The van der Waals surface area contributed by atoms with Crippen LogP contribution in [0.25, 0.3) is 0 Å². The molecule has 0 bridgehead atoms. The summed E-state index contributed by atoms with van der Waals surface area (Å²) < 4.78 is 18.4. The van der Waals surface area contributed by atoms with Crippen molar-refractivity contribution < 1.29 is 70.4 Å². The second kappa shape index (κ2) is 39.1. The standard InChI is InChI=1S/C37H56O4.C31H52O4.2C31H52O3/c1-25(21-38)27-13-18-37(24-41-22-26-9-7-6-8-10-26)20-19-35(4)28(32(27)37)11-12-30-33(2)16-15-31(40)34(3,23-39)29(33)14-17-36(30,35)5;1-20(17-32)21-9-14-31(19-35-6)16-15-29(4)22(26(21)31)7-8-24-27(2)12-11-25(34)28(3,18-33)23(27)10-13-30(24,29)5;1-20(2)21-10-15-31(19-34-7)17-16-29(5)22(26(21)31)8-9-24-27(3)13-12-25(33)28(4,18-32)23(27)11-14-30(24,29)6;1-7-31-15-10-21(20(2)18-32)26(31)22-8-9-24-27(3)13-12-25(34)28(4,19-33)23(27)11-14-30(24,6)29(22,5)16-17-31/h6-10,27-32,38-40H,1,11-24H2,2-5H3;21-26,32-34H,1,7-19H2,2-6H3;21-26,32-33H,1,8-19H2,2-7H3;21-26,32-34H,2,7-19H2,1,3-6H3/t27-,28?,29+,30?,31-,32?,33-,34-,35+,36+,37+;3*21-,22?,23+,24?,25-,26?,27-,28-,29+,30+,31+/m0000/s1. The molecule has 0 aromatic heterocycles. The van der Waals surface area contributed by atoms with Crippen LogP contribution in [0.1, 0.15) is 393 Å². The molecule has 21 rings (SSSR count). The van der Waals surface area contributed by atoms with Gasteiger partial charge in [0, 0.05) is 35.9 Å². The predicted octanol–water partition coefficient (Wildman–Crippen LogP) is 25.7. The molecule has 20 fully saturated rings. The quantitative estimate of drug-likeness (QED) is 0.0544. The third kappa shape index (κ3) is 15.7. The highest BCUT2D eigenvalue weighted by atomic mass is 16.5. The van der Waals surface area contributed by atoms with Gasteiger partial charge in [0.25, 0.3) is 0 Å². The van der Waals surface area contributed by atoms with Gasteiger partial charge in [0.1, 0.15) is 0 Å². The van der Waals surface area contributed by atoms with Crippen LogP contribution in [0.15, 0.2) is 78.9 Å². The lowest BCUT2D eigenvalue weighted by molar-refractivity contribution is -0.256. The van der Waals surface area contributed by atoms with Crippen molar-refractivity contribution in [1.29, 1.82) is 0 Å². The highest BCUT2D eigenvalue weighted by molar-refractivity contribution is 5.30. The number of hydrogen-bond donors (Lipinski definition) is 11. The molecular formula is C130H212O14. The molecule has 14 nitrogen and oxygen atoms in total. The maximum absolute atomic E-state index is 11.1. The second-order valence-electron chi connectivity index (χ2n) is 60.2. The molecule has 44 atom stereocenters. The molecule has 816 valence electrons. The lowest BCUT2D eigenvalue weighted by Gasteiger charge is -2.73. The molecule has 20 aliphatic rings. The van der Waals surface area contributed by atoms with Gasteiger partial charge in [0.15, 0.2) is 0 Å². The van der Waals surface area contributed by atoms with Gasteiger partial charge in [-0.15, -0.1) is 0 Å². The fourth-order valence-corrected chi connectivity index (χ4v) is 48.2. The van der Waals surface area contributed by atoms with E-state index < -0.39 is 17.6 Å². The summed E-state index contributed by atoms with van der Waals surface area (Å²) in [7, 11) is 3.77. The van der Waals surface area contributed by atoms with Crippen LogP contribution in [-0.2, 0) is 20.8 Å². The van der Waals surface area contributed by atoms with E-state index in [1.165, 1.54) is 184 Å². The van der Waals surface area contributed by atoms with Crippen molar-refractivity contribution >= 4 is 0 Å². The van der Waals surface area contributed by atoms with E-state index >= 15 is 0 Å². The third-order valence-electron chi connectivity index (χ3n) is 56.8. The summed E-state index contributed by atoms with van der Waals surface area (Å²) >= 11 is 0. The van der Waals surface area contributed by atoms with Crippen molar-refractivity contribution in [3.63, 3.8) is 0 Å². The maximum Gasteiger partial charge on any atom is 0.0717 e. The Morgan fingerprint density at radius 1 is 0.285 bits per heavy atom. The Kier molecular flexibility index (Phi) is 30.3. The normalized spacial score (nSPS) is 54.2. The van der Waals surface area contributed by atoms with Gasteiger partial charge in [-0.25, -0.2) is 0 Å². The molecular weight excluding hydrogens is 1790 g/mol. The monoisotopic (exact) mass is 2000 g/mol. The first-order valence-electron chi connectivity index (χ1n) is 60.1. The first-order valence-corrected chi connectivity index (χ1v) is 60.1. The van der Waals surface area contributed by atoms with Crippen molar-refractivity contribution in [3.05, 3.63) is 84.5 Å². The summed E-state index contributed by atoms with van der Waals surface area (Å²) in [6.07, 6.45) is 47.0. The summed E-state index contributed by atoms with van der Waals surface area (Å²) in [6.45, 7) is 66.3. The minimum Gasteiger partial charge on any atom is -0.396 e. The van der Waals surface area contributed by atoms with Crippen molar-refractivity contribution in [1.82, 2.24) is 0 Å². The van der Waals surface area contributed by atoms with Gasteiger partial charge in [-0.3, -0.25) is 0 Å². The Hall–Kier alpha value is -2.38. The van der Waals surface area contributed by atoms with Crippen molar-refractivity contribution in [3.8, 4) is 0 Å². The Balaban J connectivity index is 0.000000127. The molecule has 0 saturated heterocycles. The van der Waals surface area contributed by atoms with Gasteiger partial charge in [-0.1, -0.05) is 186 Å². The number of rotatable bonds is 20. The van der Waals surface area contributed by atoms with Crippen molar-refractivity contribution in [2.45, 2.75) is 419 Å². The van der Waals surface area contributed by atoms with E-state index in [0.29, 0.717) is 146 Å². The van der Waals surface area contributed by atoms with Gasteiger partial charge in [-0.2, -0.15) is 0 Å². The number of aliphatic hydroxyl groups excluding tert-OH is 11. The molecule has 11 N–H and O–H groups in total. The largest absolute Gasteiger partial charge is 0.396 e. The third-order valence-corrected chi connectivity index (χ3v) is 56.8. The summed E-state index contributed by atoms with van der Waals surface area (Å²) in [5, 5.41) is 116. The number of hydrogen-bond acceptors (Lipinski definition) is 14. The van der Waals surface area contributed by atoms with E-state index in [-0.39, 0.29) is 129 Å². The summed E-state index contributed by atoms with van der Waals surface area (Å²) in [4.78, 5) is 0. The zero-order valence-electron chi connectivity index (χ0n) is 95.0. The summed E-state index contributed by atoms with van der Waals surface area (Å²) in [5.41, 5.74) is 8.44. The van der Waals surface area contributed by atoms with Crippen LogP contribution in [-0.4, -0.2) is 161 Å². The molecule has 14 heteroatoms. The molecule has 1 aromatic rings. The number of benzene rings is 1. The van der Waals surface area contributed by atoms with Crippen LogP contribution in [0.2, 0.25) is 0 Å². The number of aliphatic hydroxyl groups is 11. The second-order valence-corrected chi connectivity index (χ2v) is 60.2. The predicted molar refractivity (Wildman–Crippen MR) is 580 cm³/mol. The van der Waals surface area contributed by atoms with Gasteiger partial charge < -0.3 is 70.4 Å². The van der Waals surface area contributed by atoms with Crippen molar-refractivity contribution in [2.24, 2.45) is 227 Å². The van der Waals surface area contributed by atoms with E-state index in [1.807, 2.05) is 14.2 Å². The highest BCUT2D eigenvalue weighted by Gasteiger charge is 2.78. The molecule has 1 aromatic carbocycles. The number of ether oxygens (including phenoxy) is 3. The van der Waals surface area contributed by atoms with Crippen LogP contribution >= 0.6 is 0 Å². The number of methoxy groups -OCH3 is 2. The molecule has 144 heavy (non-hydrogen) atoms. The SMILES string of the molecule is C=C(C)[C@@H]1CC[C@]2(COC)CC[C@]3(C)C(CCC4[C@@]5(C)CC[C@H](O)[C@@](C)(CO)[C@@H]5CC[C@]43C)C12.C=C(CO)[C@@H]1CC[C@]2(CC)CC[C@]3(C)C(CCC4[C@@]5(C)CC[C@H](O)[C@@](C)(CO)[C@@H]5CC[C@]43C)C12.C=C(CO)[C@@H]1CC[C@]2(COC)CC[C@]3(C)C(CCC4[C@@]5(C)CC[C@H](O)[C@@](C)(CO)[C@@H]5CC[C@]43C)C12.C=C(CO)[C@@H]1CC[C@]2(COCc3ccccc3)CC[C@]3(C)C(CCC4[C@@]5(C)CC[C@H](O)[C@@](C)(CO)[C@@H]5CC[C@]43C)C12. The zero-order chi connectivity index (χ0) is 104. The first-order chi connectivity index (χ1) is 67.9. The number of fused-ring (bicyclic) bond motifs is 28. The first kappa shape index (κ1) is 111. The molecule has 12 unspecified atom stereocenters. The minimum absolute atomic E-state index is 0.0796. The van der Waals surface area contributed by atoms with Crippen molar-refractivity contribution in [2.75, 3.05) is 80.3 Å². The zero-order valence-corrected chi connectivity index (χ0v) is 95.0. The lowest BCUT2D eigenvalue weighted by Crippen LogP contribution is -2.67. The molecule has 0 amide bonds. The molecule has 20 saturated carbocycles. The Morgan fingerprint density at radius 3 is 0.806 bits per heavy atom. The fraction of sp³-hybridized carbons (Fsp3) is 0.892. The van der Waals surface area contributed by atoms with Crippen LogP contribution in [0.4, 0.5) is 0 Å². The van der Waals surface area contributed by atoms with E-state index in [9.17, 15) is 56.2 Å². The molecule has 0 heterocycles. The summed E-state index contributed by atoms with van der Waals surface area (Å²) in [5.74, 6) is 11.2. The maximum atomic E-state index is 11.1. The lowest BCUT2D eigenvalue weighted by atomic mass is 9.32. The molecule has 0 aliphatic heterocycles. The van der Waals surface area contributed by atoms with Crippen LogP contribution < -0.4 is 0 Å².